The largest absolute Gasteiger partial charge is 0.356 e. The molecular formula is C10H17NO2S. The van der Waals surface area contributed by atoms with Crippen LogP contribution < -0.4 is 0 Å². The first kappa shape index (κ1) is 9.31. The monoisotopic (exact) mass is 215 g/mol. The summed E-state index contributed by atoms with van der Waals surface area (Å²) in [7, 11) is -0.755. The van der Waals surface area contributed by atoms with Crippen molar-refractivity contribution >= 4 is 10.8 Å². The number of ether oxygens (including phenoxy) is 1. The van der Waals surface area contributed by atoms with Crippen LogP contribution in [0.5, 0.6) is 0 Å². The molecule has 0 aromatic heterocycles. The van der Waals surface area contributed by atoms with Gasteiger partial charge in [0, 0.05) is 6.54 Å². The van der Waals surface area contributed by atoms with Crippen LogP contribution in [0.25, 0.3) is 0 Å². The second-order valence-electron chi connectivity index (χ2n) is 4.83. The molecule has 4 fully saturated rings. The van der Waals surface area contributed by atoms with Crippen LogP contribution in [-0.4, -0.2) is 45.5 Å². The highest BCUT2D eigenvalue weighted by atomic mass is 32.2. The zero-order valence-corrected chi connectivity index (χ0v) is 9.39. The van der Waals surface area contributed by atoms with E-state index in [1.54, 1.807) is 0 Å². The van der Waals surface area contributed by atoms with E-state index in [1.165, 1.54) is 25.9 Å². The smallest absolute Gasteiger partial charge is 0.130 e. The van der Waals surface area contributed by atoms with E-state index in [9.17, 15) is 4.21 Å². The fourth-order valence-corrected chi connectivity index (χ4v) is 4.61. The predicted molar refractivity (Wildman–Crippen MR) is 55.5 cm³/mol. The molecule has 2 bridgehead atoms. The molecule has 4 aliphatic heterocycles. The van der Waals surface area contributed by atoms with Gasteiger partial charge in [0.05, 0.1) is 22.2 Å². The normalized spacial score (nSPS) is 56.9. The van der Waals surface area contributed by atoms with Crippen LogP contribution in [0.15, 0.2) is 0 Å². The van der Waals surface area contributed by atoms with Gasteiger partial charge in [0.25, 0.3) is 0 Å². The summed E-state index contributed by atoms with van der Waals surface area (Å²) in [6.07, 6.45) is 2.48. The first-order valence-corrected chi connectivity index (χ1v) is 6.85. The van der Waals surface area contributed by atoms with E-state index >= 15 is 0 Å². The molecule has 0 radical (unpaired) electrons. The Kier molecular flexibility index (Phi) is 2.01. The molecule has 0 saturated carbocycles. The van der Waals surface area contributed by atoms with Gasteiger partial charge in [0.1, 0.15) is 5.44 Å². The minimum absolute atomic E-state index is 0.0409. The van der Waals surface area contributed by atoms with Gasteiger partial charge in [0.15, 0.2) is 0 Å². The van der Waals surface area contributed by atoms with Crippen molar-refractivity contribution in [2.45, 2.75) is 30.8 Å². The molecule has 80 valence electrons. The number of fused-ring (bicyclic) bond motifs is 2. The maximum absolute atomic E-state index is 11.7. The van der Waals surface area contributed by atoms with Crippen molar-refractivity contribution in [3.8, 4) is 0 Å². The van der Waals surface area contributed by atoms with Crippen molar-refractivity contribution in [1.82, 2.24) is 4.90 Å². The zero-order chi connectivity index (χ0) is 9.76. The minimum Gasteiger partial charge on any atom is -0.356 e. The van der Waals surface area contributed by atoms with E-state index in [0.717, 1.165) is 12.3 Å². The maximum atomic E-state index is 11.7. The third kappa shape index (κ3) is 1.20. The average Bonchev–Trinajstić information content (AvgIpc) is 2.43. The molecule has 4 saturated heterocycles. The molecular weight excluding hydrogens is 198 g/mol. The quantitative estimate of drug-likeness (QED) is 0.592. The fraction of sp³-hybridized carbons (Fsp3) is 1.00. The lowest BCUT2D eigenvalue weighted by Crippen LogP contribution is -2.60. The van der Waals surface area contributed by atoms with Crippen molar-refractivity contribution in [1.29, 1.82) is 0 Å². The van der Waals surface area contributed by atoms with Crippen LogP contribution in [0.1, 0.15) is 19.8 Å². The topological polar surface area (TPSA) is 29.5 Å². The Morgan fingerprint density at radius 1 is 1.43 bits per heavy atom. The lowest BCUT2D eigenvalue weighted by Gasteiger charge is -2.50. The van der Waals surface area contributed by atoms with Gasteiger partial charge in [-0.05, 0) is 38.8 Å². The Morgan fingerprint density at radius 2 is 2.14 bits per heavy atom. The second kappa shape index (κ2) is 3.03. The predicted octanol–water partition coefficient (Wildman–Crippen LogP) is 0.576. The van der Waals surface area contributed by atoms with Gasteiger partial charge in [-0.1, -0.05) is 0 Å². The molecule has 0 aromatic rings. The maximum Gasteiger partial charge on any atom is 0.130 e. The van der Waals surface area contributed by atoms with Gasteiger partial charge in [-0.15, -0.1) is 0 Å². The highest BCUT2D eigenvalue weighted by molar-refractivity contribution is 7.85. The zero-order valence-electron chi connectivity index (χ0n) is 8.57. The van der Waals surface area contributed by atoms with Crippen molar-refractivity contribution < 1.29 is 8.95 Å². The Hall–Kier alpha value is 0.0700. The van der Waals surface area contributed by atoms with Gasteiger partial charge in [-0.3, -0.25) is 4.21 Å². The highest BCUT2D eigenvalue weighted by Gasteiger charge is 2.53. The molecule has 3 nitrogen and oxygen atoms in total. The van der Waals surface area contributed by atoms with Gasteiger partial charge in [-0.2, -0.15) is 0 Å². The standard InChI is InChI=1S/C10H17NO2S/c1-8-13-10(7-14(8)12)6-11-4-2-9(10)3-5-11/h8-9H,2-7H2,1H3. The van der Waals surface area contributed by atoms with Gasteiger partial charge in [0.2, 0.25) is 0 Å². The summed E-state index contributed by atoms with van der Waals surface area (Å²) in [6, 6.07) is 0. The lowest BCUT2D eigenvalue weighted by atomic mass is 9.76. The van der Waals surface area contributed by atoms with Crippen molar-refractivity contribution in [2.75, 3.05) is 25.4 Å². The third-order valence-electron chi connectivity index (χ3n) is 3.98. The molecule has 4 aliphatic rings. The van der Waals surface area contributed by atoms with E-state index in [1.807, 2.05) is 6.92 Å². The highest BCUT2D eigenvalue weighted by Crippen LogP contribution is 2.43. The molecule has 3 atom stereocenters. The molecule has 14 heavy (non-hydrogen) atoms. The van der Waals surface area contributed by atoms with Crippen molar-refractivity contribution in [2.24, 2.45) is 5.92 Å². The summed E-state index contributed by atoms with van der Waals surface area (Å²) in [6.45, 7) is 5.41. The van der Waals surface area contributed by atoms with Crippen LogP contribution >= 0.6 is 0 Å². The summed E-state index contributed by atoms with van der Waals surface area (Å²) in [5, 5.41) is 0. The van der Waals surface area contributed by atoms with Crippen LogP contribution in [0.2, 0.25) is 0 Å². The van der Waals surface area contributed by atoms with E-state index in [4.69, 9.17) is 4.74 Å². The average molecular weight is 215 g/mol. The van der Waals surface area contributed by atoms with Crippen LogP contribution in [-0.2, 0) is 15.5 Å². The number of hydrogen-bond donors (Lipinski definition) is 0. The van der Waals surface area contributed by atoms with E-state index < -0.39 is 10.8 Å². The summed E-state index contributed by atoms with van der Waals surface area (Å²) in [4.78, 5) is 2.47. The molecule has 1 spiro atoms. The number of hydrogen-bond acceptors (Lipinski definition) is 3. The summed E-state index contributed by atoms with van der Waals surface area (Å²) in [5.74, 6) is 1.44. The van der Waals surface area contributed by atoms with Gasteiger partial charge in [-0.25, -0.2) is 0 Å². The Morgan fingerprint density at radius 3 is 2.57 bits per heavy atom. The van der Waals surface area contributed by atoms with Crippen LogP contribution in [0.4, 0.5) is 0 Å². The molecule has 4 heterocycles. The molecule has 0 aromatic carbocycles. The van der Waals surface area contributed by atoms with Crippen LogP contribution in [0.3, 0.4) is 0 Å². The fourth-order valence-electron chi connectivity index (χ4n) is 3.20. The third-order valence-corrected chi connectivity index (χ3v) is 5.59. The van der Waals surface area contributed by atoms with Crippen molar-refractivity contribution in [3.05, 3.63) is 0 Å². The van der Waals surface area contributed by atoms with E-state index in [2.05, 4.69) is 4.90 Å². The number of piperidine rings is 3. The van der Waals surface area contributed by atoms with Crippen molar-refractivity contribution in [3.63, 3.8) is 0 Å². The SMILES string of the molecule is CC1OC2(CN3CCC2CC3)CS1=O. The van der Waals surface area contributed by atoms with E-state index in [-0.39, 0.29) is 11.0 Å². The molecule has 4 heteroatoms. The molecule has 0 amide bonds. The number of nitrogens with zero attached hydrogens (tertiary/aromatic N) is 1. The number of rotatable bonds is 0. The second-order valence-corrected chi connectivity index (χ2v) is 6.54. The van der Waals surface area contributed by atoms with E-state index in [0.29, 0.717) is 5.92 Å². The van der Waals surface area contributed by atoms with Gasteiger partial charge < -0.3 is 9.64 Å². The van der Waals surface area contributed by atoms with Crippen LogP contribution in [0, 0.1) is 5.92 Å². The summed E-state index contributed by atoms with van der Waals surface area (Å²) >= 11 is 0. The molecule has 4 rings (SSSR count). The first-order chi connectivity index (χ1) is 6.70. The Bertz CT molecular complexity index is 275. The van der Waals surface area contributed by atoms with Gasteiger partial charge >= 0.3 is 0 Å². The Labute approximate surface area is 87.3 Å². The lowest BCUT2D eigenvalue weighted by molar-refractivity contribution is -0.133. The minimum atomic E-state index is -0.755. The summed E-state index contributed by atoms with van der Waals surface area (Å²) < 4.78 is 17.7. The Balaban J connectivity index is 1.87. The molecule has 0 N–H and O–H groups in total. The molecule has 0 aliphatic carbocycles. The summed E-state index contributed by atoms with van der Waals surface area (Å²) in [5.41, 5.74) is -0.0867. The molecule has 3 unspecified atom stereocenters. The first-order valence-electron chi connectivity index (χ1n) is 5.47.